The van der Waals surface area contributed by atoms with Gasteiger partial charge in [-0.05, 0) is 0 Å². The monoisotopic (exact) mass is 269 g/mol. The molecule has 7 heteroatoms. The van der Waals surface area contributed by atoms with Gasteiger partial charge >= 0.3 is 6.03 Å². The molecule has 2 rings (SSSR count). The summed E-state index contributed by atoms with van der Waals surface area (Å²) < 4.78 is 0. The molecule has 11 heavy (non-hydrogen) atoms. The van der Waals surface area contributed by atoms with Crippen molar-refractivity contribution in [3.05, 3.63) is 0 Å². The lowest BCUT2D eigenvalue weighted by atomic mass is 10.4. The molecular formula is C4H8IN5O. The molecule has 6 N–H and O–H groups in total. The third-order valence-corrected chi connectivity index (χ3v) is 1.56. The number of fused-ring (bicyclic) bond motifs is 1. The third-order valence-electron chi connectivity index (χ3n) is 1.56. The second-order valence-corrected chi connectivity index (χ2v) is 2.31. The van der Waals surface area contributed by atoms with Gasteiger partial charge in [0.05, 0.1) is 0 Å². The van der Waals surface area contributed by atoms with Crippen molar-refractivity contribution >= 4 is 12.0 Å². The first-order valence-corrected chi connectivity index (χ1v) is 3.01. The van der Waals surface area contributed by atoms with E-state index in [1.54, 1.807) is 5.32 Å². The zero-order valence-corrected chi connectivity index (χ0v) is 7.70. The number of hydrogen-bond acceptors (Lipinski definition) is 3. The van der Waals surface area contributed by atoms with Crippen LogP contribution in [0.15, 0.2) is 4.99 Å². The van der Waals surface area contributed by atoms with E-state index >= 15 is 0 Å². The molecule has 0 aromatic rings. The van der Waals surface area contributed by atoms with Crippen LogP contribution in [-0.2, 0) is 0 Å². The topological polar surface area (TPSA) is 96.1 Å². The van der Waals surface area contributed by atoms with Gasteiger partial charge < -0.3 is 35.0 Å². The van der Waals surface area contributed by atoms with Crippen molar-refractivity contribution in [1.29, 1.82) is 0 Å². The molecule has 0 saturated carbocycles. The minimum absolute atomic E-state index is 0. The Kier molecular flexibility index (Phi) is 2.18. The molecule has 2 aliphatic rings. The Morgan fingerprint density at radius 3 is 2.91 bits per heavy atom. The van der Waals surface area contributed by atoms with E-state index in [1.807, 2.05) is 0 Å². The number of nitrogens with two attached hydrogens (primary N) is 2. The van der Waals surface area contributed by atoms with Crippen molar-refractivity contribution in [1.82, 2.24) is 10.6 Å². The van der Waals surface area contributed by atoms with E-state index in [9.17, 15) is 4.79 Å². The van der Waals surface area contributed by atoms with Crippen LogP contribution in [0.3, 0.4) is 0 Å². The normalized spacial score (nSPS) is 33.1. The summed E-state index contributed by atoms with van der Waals surface area (Å²) in [7, 11) is 0. The number of urea groups is 1. The summed E-state index contributed by atoms with van der Waals surface area (Å²) in [5.41, 5.74) is 5.37. The highest BCUT2D eigenvalue weighted by atomic mass is 127. The fraction of sp³-hybridized carbons (Fsp3) is 0.500. The lowest BCUT2D eigenvalue weighted by Crippen LogP contribution is -3.00. The molecule has 0 spiro atoms. The predicted molar refractivity (Wildman–Crippen MR) is 32.8 cm³/mol. The Hall–Kier alpha value is -0.570. The van der Waals surface area contributed by atoms with Gasteiger partial charge in [0.1, 0.15) is 0 Å². The summed E-state index contributed by atoms with van der Waals surface area (Å²) in [6.07, 6.45) is -0.208. The van der Waals surface area contributed by atoms with Crippen molar-refractivity contribution < 1.29 is 34.1 Å². The van der Waals surface area contributed by atoms with Crippen LogP contribution in [0, 0.1) is 0 Å². The molecule has 2 atom stereocenters. The highest BCUT2D eigenvalue weighted by Crippen LogP contribution is 1.98. The van der Waals surface area contributed by atoms with Crippen LogP contribution in [0.4, 0.5) is 4.79 Å². The molecule has 1 fully saturated rings. The summed E-state index contributed by atoms with van der Waals surface area (Å²) in [4.78, 5) is 14.6. The van der Waals surface area contributed by atoms with E-state index < -0.39 is 0 Å². The van der Waals surface area contributed by atoms with Crippen LogP contribution in [-0.4, -0.2) is 24.3 Å². The standard InChI is InChI=1S/C4H7N5O.HI/c5-3-6-1-2(7-3)9-4(10)8-1;/h1-2H,(H3,5,6,7)(H2,8,9,10);1H. The molecule has 0 radical (unpaired) electrons. The molecular weight excluding hydrogens is 261 g/mol. The van der Waals surface area contributed by atoms with Gasteiger partial charge in [-0.15, -0.1) is 0 Å². The SMILES string of the molecule is NC1=NC2NC(=O)NC2[NH2+]1.[I-]. The van der Waals surface area contributed by atoms with E-state index in [0.717, 1.165) is 0 Å². The number of rotatable bonds is 0. The van der Waals surface area contributed by atoms with Crippen LogP contribution in [0.25, 0.3) is 0 Å². The number of aliphatic imine (C=N–C) groups is 1. The van der Waals surface area contributed by atoms with E-state index in [-0.39, 0.29) is 42.3 Å². The van der Waals surface area contributed by atoms with E-state index in [2.05, 4.69) is 15.6 Å². The molecule has 0 aromatic heterocycles. The molecule has 1 saturated heterocycles. The summed E-state index contributed by atoms with van der Waals surface area (Å²) in [6.45, 7) is 0. The van der Waals surface area contributed by atoms with Gasteiger partial charge in [-0.25, -0.2) is 4.79 Å². The van der Waals surface area contributed by atoms with Crippen molar-refractivity contribution in [2.75, 3.05) is 0 Å². The van der Waals surface area contributed by atoms with Crippen LogP contribution in [0.2, 0.25) is 0 Å². The summed E-state index contributed by atoms with van der Waals surface area (Å²) in [6, 6.07) is -0.178. The second-order valence-electron chi connectivity index (χ2n) is 2.31. The largest absolute Gasteiger partial charge is 1.00 e. The summed E-state index contributed by atoms with van der Waals surface area (Å²) >= 11 is 0. The highest BCUT2D eigenvalue weighted by molar-refractivity contribution is 5.79. The molecule has 0 bridgehead atoms. The van der Waals surface area contributed by atoms with Gasteiger partial charge in [0, 0.05) is 0 Å². The van der Waals surface area contributed by atoms with Crippen molar-refractivity contribution in [3.63, 3.8) is 0 Å². The van der Waals surface area contributed by atoms with Gasteiger partial charge in [-0.2, -0.15) is 4.99 Å². The first-order chi connectivity index (χ1) is 4.75. The van der Waals surface area contributed by atoms with Crippen LogP contribution in [0.1, 0.15) is 0 Å². The van der Waals surface area contributed by atoms with Crippen LogP contribution >= 0.6 is 0 Å². The molecule has 0 aromatic carbocycles. The lowest BCUT2D eigenvalue weighted by molar-refractivity contribution is -0.576. The van der Waals surface area contributed by atoms with E-state index in [4.69, 9.17) is 5.73 Å². The number of hydrogen-bond donors (Lipinski definition) is 4. The summed E-state index contributed by atoms with van der Waals surface area (Å²) in [5, 5.41) is 6.97. The van der Waals surface area contributed by atoms with E-state index in [0.29, 0.717) is 5.96 Å². The second kappa shape index (κ2) is 2.81. The zero-order chi connectivity index (χ0) is 7.14. The number of carbonyl (C=O) groups excluding carboxylic acids is 1. The molecule has 2 amide bonds. The average molecular weight is 269 g/mol. The first kappa shape index (κ1) is 8.53. The van der Waals surface area contributed by atoms with Crippen LogP contribution < -0.4 is 45.7 Å². The number of guanidine groups is 1. The lowest BCUT2D eigenvalue weighted by Gasteiger charge is -1.99. The maximum absolute atomic E-state index is 10.6. The average Bonchev–Trinajstić information content (AvgIpc) is 2.21. The first-order valence-electron chi connectivity index (χ1n) is 3.01. The fourth-order valence-corrected chi connectivity index (χ4v) is 1.13. The Balaban J connectivity index is 0.000000605. The number of nitrogens with zero attached hydrogens (tertiary/aromatic N) is 1. The molecule has 62 valence electrons. The Morgan fingerprint density at radius 1 is 1.55 bits per heavy atom. The maximum Gasteiger partial charge on any atom is 0.321 e. The predicted octanol–water partition coefficient (Wildman–Crippen LogP) is -6.15. The van der Waals surface area contributed by atoms with Gasteiger partial charge in [0.2, 0.25) is 12.3 Å². The van der Waals surface area contributed by atoms with Gasteiger partial charge in [-0.1, -0.05) is 0 Å². The number of halogens is 1. The maximum atomic E-state index is 10.6. The minimum Gasteiger partial charge on any atom is -1.00 e. The molecule has 6 nitrogen and oxygen atoms in total. The van der Waals surface area contributed by atoms with Gasteiger partial charge in [-0.3, -0.25) is 10.6 Å². The quantitative estimate of drug-likeness (QED) is 0.329. The third kappa shape index (κ3) is 1.38. The summed E-state index contributed by atoms with van der Waals surface area (Å²) in [5.74, 6) is 0.488. The fourth-order valence-electron chi connectivity index (χ4n) is 1.13. The van der Waals surface area contributed by atoms with E-state index in [1.165, 1.54) is 0 Å². The molecule has 2 unspecified atom stereocenters. The molecule has 2 aliphatic heterocycles. The highest BCUT2D eigenvalue weighted by Gasteiger charge is 2.40. The van der Waals surface area contributed by atoms with Crippen molar-refractivity contribution in [2.45, 2.75) is 12.3 Å². The Labute approximate surface area is 80.0 Å². The zero-order valence-electron chi connectivity index (χ0n) is 5.54. The number of amides is 2. The van der Waals surface area contributed by atoms with Crippen molar-refractivity contribution in [3.8, 4) is 0 Å². The Morgan fingerprint density at radius 2 is 2.27 bits per heavy atom. The smallest absolute Gasteiger partial charge is 0.321 e. The number of carbonyl (C=O) groups is 1. The van der Waals surface area contributed by atoms with Gasteiger partial charge in [0.25, 0.3) is 5.96 Å². The molecule has 2 heterocycles. The Bertz CT molecular complexity index is 217. The minimum atomic E-state index is -0.178. The number of nitrogens with one attached hydrogen (secondary N) is 2. The van der Waals surface area contributed by atoms with Crippen LogP contribution in [0.5, 0.6) is 0 Å². The van der Waals surface area contributed by atoms with Gasteiger partial charge in [0.15, 0.2) is 0 Å². The van der Waals surface area contributed by atoms with Crippen molar-refractivity contribution in [2.24, 2.45) is 10.7 Å². The number of quaternary nitrogens is 1. The molecule has 0 aliphatic carbocycles.